The minimum Gasteiger partial charge on any atom is -0.372 e. The van der Waals surface area contributed by atoms with Gasteiger partial charge in [0.15, 0.2) is 10.8 Å². The molecule has 104 valence electrons. The van der Waals surface area contributed by atoms with E-state index >= 15 is 0 Å². The summed E-state index contributed by atoms with van der Waals surface area (Å²) in [4.78, 5) is 8.15. The van der Waals surface area contributed by atoms with Crippen molar-refractivity contribution in [1.29, 1.82) is 0 Å². The van der Waals surface area contributed by atoms with Gasteiger partial charge in [0.05, 0.1) is 17.9 Å². The molecular weight excluding hydrogens is 260 g/mol. The number of nitrogens with two attached hydrogens (primary N) is 1. The molecule has 0 saturated carbocycles. The molecule has 2 aromatic rings. The summed E-state index contributed by atoms with van der Waals surface area (Å²) in [6, 6.07) is 0. The first kappa shape index (κ1) is 12.9. The first-order valence-electron chi connectivity index (χ1n) is 6.64. The number of imidazole rings is 1. The van der Waals surface area contributed by atoms with Crippen molar-refractivity contribution in [3.63, 3.8) is 0 Å². The van der Waals surface area contributed by atoms with Crippen molar-refractivity contribution in [2.75, 3.05) is 31.1 Å². The number of morpholine rings is 1. The Labute approximate surface area is 117 Å². The van der Waals surface area contributed by atoms with E-state index in [1.165, 1.54) is 5.69 Å². The molecule has 0 bridgehead atoms. The van der Waals surface area contributed by atoms with Gasteiger partial charge in [-0.1, -0.05) is 0 Å². The van der Waals surface area contributed by atoms with Crippen LogP contribution in [0.1, 0.15) is 19.5 Å². The van der Waals surface area contributed by atoms with E-state index in [2.05, 4.69) is 34.7 Å². The van der Waals surface area contributed by atoms with Crippen molar-refractivity contribution in [3.8, 4) is 0 Å². The second-order valence-electron chi connectivity index (χ2n) is 5.51. The smallest absolute Gasteiger partial charge is 0.195 e. The van der Waals surface area contributed by atoms with Crippen LogP contribution in [-0.4, -0.2) is 41.2 Å². The van der Waals surface area contributed by atoms with Crippen molar-refractivity contribution >= 4 is 22.1 Å². The maximum atomic E-state index is 5.77. The predicted molar refractivity (Wildman–Crippen MR) is 78.1 cm³/mol. The molecular formula is C13H20N4OS. The normalized spacial score (nSPS) is 19.2. The van der Waals surface area contributed by atoms with Gasteiger partial charge in [0.1, 0.15) is 0 Å². The fourth-order valence-electron chi connectivity index (χ4n) is 2.64. The summed E-state index contributed by atoms with van der Waals surface area (Å²) in [7, 11) is 0. The lowest BCUT2D eigenvalue weighted by Gasteiger charge is -2.38. The van der Waals surface area contributed by atoms with Crippen LogP contribution in [0.3, 0.4) is 0 Å². The van der Waals surface area contributed by atoms with Crippen LogP contribution in [0.2, 0.25) is 0 Å². The molecule has 3 heterocycles. The third-order valence-corrected chi connectivity index (χ3v) is 4.20. The van der Waals surface area contributed by atoms with E-state index in [0.717, 1.165) is 36.9 Å². The molecule has 6 heteroatoms. The van der Waals surface area contributed by atoms with Gasteiger partial charge in [-0.15, -0.1) is 11.3 Å². The largest absolute Gasteiger partial charge is 0.372 e. The van der Waals surface area contributed by atoms with Gasteiger partial charge < -0.3 is 15.4 Å². The Morgan fingerprint density at radius 2 is 2.37 bits per heavy atom. The molecule has 1 saturated heterocycles. The molecule has 0 unspecified atom stereocenters. The van der Waals surface area contributed by atoms with Crippen molar-refractivity contribution in [2.45, 2.75) is 25.9 Å². The summed E-state index contributed by atoms with van der Waals surface area (Å²) in [6.07, 6.45) is 2.93. The van der Waals surface area contributed by atoms with Crippen LogP contribution in [0.5, 0.6) is 0 Å². The summed E-state index contributed by atoms with van der Waals surface area (Å²) < 4.78 is 7.94. The summed E-state index contributed by atoms with van der Waals surface area (Å²) >= 11 is 1.67. The first-order chi connectivity index (χ1) is 9.11. The number of fused-ring (bicyclic) bond motifs is 1. The molecule has 3 rings (SSSR count). The molecule has 0 atom stereocenters. The Hall–Kier alpha value is -1.11. The summed E-state index contributed by atoms with van der Waals surface area (Å²) in [5.74, 6) is 1.08. The molecule has 1 aliphatic heterocycles. The fraction of sp³-hybridized carbons (Fsp3) is 0.615. The van der Waals surface area contributed by atoms with Crippen LogP contribution in [-0.2, 0) is 11.2 Å². The maximum Gasteiger partial charge on any atom is 0.195 e. The van der Waals surface area contributed by atoms with Gasteiger partial charge in [0.25, 0.3) is 0 Å². The molecule has 2 N–H and O–H groups in total. The van der Waals surface area contributed by atoms with Gasteiger partial charge in [0, 0.05) is 31.1 Å². The highest BCUT2D eigenvalue weighted by Crippen LogP contribution is 2.28. The van der Waals surface area contributed by atoms with Gasteiger partial charge in [-0.3, -0.25) is 4.40 Å². The van der Waals surface area contributed by atoms with Crippen LogP contribution in [0, 0.1) is 0 Å². The topological polar surface area (TPSA) is 55.8 Å². The van der Waals surface area contributed by atoms with E-state index in [1.807, 2.05) is 0 Å². The molecule has 5 nitrogen and oxygen atoms in total. The Bertz CT molecular complexity index is 574. The van der Waals surface area contributed by atoms with Gasteiger partial charge in [0.2, 0.25) is 0 Å². The Morgan fingerprint density at radius 1 is 1.53 bits per heavy atom. The van der Waals surface area contributed by atoms with E-state index in [9.17, 15) is 0 Å². The quantitative estimate of drug-likeness (QED) is 0.926. The zero-order chi connectivity index (χ0) is 13.5. The van der Waals surface area contributed by atoms with Crippen LogP contribution >= 0.6 is 11.3 Å². The van der Waals surface area contributed by atoms with E-state index < -0.39 is 0 Å². The zero-order valence-electron chi connectivity index (χ0n) is 11.4. The molecule has 0 aromatic carbocycles. The minimum atomic E-state index is -0.116. The number of hydrogen-bond donors (Lipinski definition) is 1. The third kappa shape index (κ3) is 2.35. The standard InChI is InChI=1S/C13H20N4OS/c1-13(2)9-16(5-7-18-13)11-10(3-4-14)17-6-8-19-12(17)15-11/h6,8H,3-5,7,9,14H2,1-2H3. The molecule has 0 spiro atoms. The van der Waals surface area contributed by atoms with Gasteiger partial charge in [-0.05, 0) is 20.4 Å². The number of ether oxygens (including phenoxy) is 1. The molecule has 2 aromatic heterocycles. The highest BCUT2D eigenvalue weighted by molar-refractivity contribution is 7.15. The highest BCUT2D eigenvalue weighted by atomic mass is 32.1. The van der Waals surface area contributed by atoms with Crippen LogP contribution < -0.4 is 10.6 Å². The number of hydrogen-bond acceptors (Lipinski definition) is 5. The van der Waals surface area contributed by atoms with Crippen molar-refractivity contribution in [1.82, 2.24) is 9.38 Å². The monoisotopic (exact) mass is 280 g/mol. The predicted octanol–water partition coefficient (Wildman–Crippen LogP) is 1.51. The summed E-state index contributed by atoms with van der Waals surface area (Å²) in [5, 5.41) is 2.06. The number of nitrogens with zero attached hydrogens (tertiary/aromatic N) is 3. The van der Waals surface area contributed by atoms with E-state index in [0.29, 0.717) is 6.54 Å². The lowest BCUT2D eigenvalue weighted by atomic mass is 10.1. The van der Waals surface area contributed by atoms with Crippen molar-refractivity contribution < 1.29 is 4.74 Å². The Morgan fingerprint density at radius 3 is 3.11 bits per heavy atom. The van der Waals surface area contributed by atoms with Gasteiger partial charge >= 0.3 is 0 Å². The Kier molecular flexibility index (Phi) is 3.24. The van der Waals surface area contributed by atoms with E-state index in [1.54, 1.807) is 11.3 Å². The fourth-order valence-corrected chi connectivity index (χ4v) is 3.37. The highest BCUT2D eigenvalue weighted by Gasteiger charge is 2.30. The number of aromatic nitrogens is 2. The van der Waals surface area contributed by atoms with Crippen LogP contribution in [0.25, 0.3) is 4.96 Å². The number of rotatable bonds is 3. The lowest BCUT2D eigenvalue weighted by molar-refractivity contribution is -0.0279. The number of thiazole rings is 1. The van der Waals surface area contributed by atoms with Gasteiger partial charge in [-0.2, -0.15) is 0 Å². The molecule has 0 amide bonds. The molecule has 1 fully saturated rings. The second kappa shape index (κ2) is 4.77. The number of anilines is 1. The van der Waals surface area contributed by atoms with Crippen molar-refractivity contribution in [3.05, 3.63) is 17.3 Å². The minimum absolute atomic E-state index is 0.116. The molecule has 0 radical (unpaired) electrons. The van der Waals surface area contributed by atoms with Crippen LogP contribution in [0.15, 0.2) is 11.6 Å². The summed E-state index contributed by atoms with van der Waals surface area (Å²) in [6.45, 7) is 7.41. The lowest BCUT2D eigenvalue weighted by Crippen LogP contribution is -2.48. The third-order valence-electron chi connectivity index (χ3n) is 3.45. The van der Waals surface area contributed by atoms with E-state index in [-0.39, 0.29) is 5.60 Å². The maximum absolute atomic E-state index is 5.77. The molecule has 1 aliphatic rings. The second-order valence-corrected chi connectivity index (χ2v) is 6.38. The molecule has 0 aliphatic carbocycles. The van der Waals surface area contributed by atoms with Crippen molar-refractivity contribution in [2.24, 2.45) is 5.73 Å². The first-order valence-corrected chi connectivity index (χ1v) is 7.52. The Balaban J connectivity index is 1.99. The van der Waals surface area contributed by atoms with Gasteiger partial charge in [-0.25, -0.2) is 4.98 Å². The zero-order valence-corrected chi connectivity index (χ0v) is 12.2. The van der Waals surface area contributed by atoms with Crippen LogP contribution in [0.4, 0.5) is 5.82 Å². The summed E-state index contributed by atoms with van der Waals surface area (Å²) in [5.41, 5.74) is 6.85. The molecule has 19 heavy (non-hydrogen) atoms. The average Bonchev–Trinajstić information content (AvgIpc) is 2.90. The van der Waals surface area contributed by atoms with E-state index in [4.69, 9.17) is 15.5 Å². The average molecular weight is 280 g/mol. The SMILES string of the molecule is CC1(C)CN(c2nc3sccn3c2CCN)CCO1.